The largest absolute Gasteiger partial charge is 0.493 e. The van der Waals surface area contributed by atoms with Gasteiger partial charge in [0.2, 0.25) is 5.91 Å². The minimum atomic E-state index is 0.0758. The Labute approximate surface area is 113 Å². The van der Waals surface area contributed by atoms with E-state index in [1.54, 1.807) is 37.2 Å². The fourth-order valence-electron chi connectivity index (χ4n) is 1.51. The molecule has 0 N–H and O–H groups in total. The number of ether oxygens (including phenoxy) is 2. The second kappa shape index (κ2) is 7.41. The molecule has 19 heavy (non-hydrogen) atoms. The summed E-state index contributed by atoms with van der Waals surface area (Å²) in [5, 5.41) is 0. The highest BCUT2D eigenvalue weighted by Gasteiger charge is 2.07. The van der Waals surface area contributed by atoms with Crippen LogP contribution in [0.1, 0.15) is 23.2 Å². The average Bonchev–Trinajstić information content (AvgIpc) is 2.43. The monoisotopic (exact) mass is 265 g/mol. The summed E-state index contributed by atoms with van der Waals surface area (Å²) in [7, 11) is 4.97. The van der Waals surface area contributed by atoms with Gasteiger partial charge in [0.25, 0.3) is 0 Å². The lowest BCUT2D eigenvalue weighted by Gasteiger charge is -2.12. The number of benzene rings is 1. The number of methoxy groups -OCH3 is 1. The number of hydrogen-bond acceptors (Lipinski definition) is 4. The number of rotatable bonds is 7. The first kappa shape index (κ1) is 15.0. The van der Waals surface area contributed by atoms with Gasteiger partial charge >= 0.3 is 0 Å². The summed E-state index contributed by atoms with van der Waals surface area (Å²) >= 11 is 0. The van der Waals surface area contributed by atoms with Crippen molar-refractivity contribution < 1.29 is 19.1 Å². The van der Waals surface area contributed by atoms with Crippen LogP contribution in [0.4, 0.5) is 0 Å². The molecular weight excluding hydrogens is 246 g/mol. The molecule has 1 amide bonds. The maximum absolute atomic E-state index is 11.4. The Morgan fingerprint density at radius 1 is 1.32 bits per heavy atom. The van der Waals surface area contributed by atoms with Crippen molar-refractivity contribution in [3.05, 3.63) is 23.8 Å². The minimum Gasteiger partial charge on any atom is -0.493 e. The molecule has 5 heteroatoms. The molecule has 0 bridgehead atoms. The molecule has 0 aliphatic heterocycles. The van der Waals surface area contributed by atoms with Gasteiger partial charge in [-0.15, -0.1) is 0 Å². The Hall–Kier alpha value is -2.04. The van der Waals surface area contributed by atoms with Crippen molar-refractivity contribution in [3.8, 4) is 11.5 Å². The van der Waals surface area contributed by atoms with E-state index in [-0.39, 0.29) is 5.91 Å². The molecule has 0 aliphatic rings. The highest BCUT2D eigenvalue weighted by atomic mass is 16.5. The Morgan fingerprint density at radius 2 is 2.05 bits per heavy atom. The molecule has 0 radical (unpaired) electrons. The van der Waals surface area contributed by atoms with E-state index in [0.29, 0.717) is 36.5 Å². The highest BCUT2D eigenvalue weighted by molar-refractivity contribution is 5.76. The first-order chi connectivity index (χ1) is 9.08. The van der Waals surface area contributed by atoms with Gasteiger partial charge in [-0.1, -0.05) is 0 Å². The number of aldehydes is 1. The zero-order valence-corrected chi connectivity index (χ0v) is 11.5. The standard InChI is InChI=1S/C14H19NO4/c1-15(2)14(17)5-4-8-19-12-7-6-11(10-16)9-13(12)18-3/h6-7,9-10H,4-5,8H2,1-3H3. The van der Waals surface area contributed by atoms with Crippen LogP contribution in [0.25, 0.3) is 0 Å². The number of hydrogen-bond donors (Lipinski definition) is 0. The first-order valence-corrected chi connectivity index (χ1v) is 6.04. The van der Waals surface area contributed by atoms with Gasteiger partial charge < -0.3 is 14.4 Å². The Kier molecular flexibility index (Phi) is 5.85. The summed E-state index contributed by atoms with van der Waals surface area (Å²) in [6.07, 6.45) is 1.83. The number of carbonyl (C=O) groups is 2. The number of carbonyl (C=O) groups excluding carboxylic acids is 2. The van der Waals surface area contributed by atoms with Crippen LogP contribution in [0.2, 0.25) is 0 Å². The van der Waals surface area contributed by atoms with Gasteiger partial charge in [-0.05, 0) is 24.6 Å². The molecule has 0 atom stereocenters. The third-order valence-electron chi connectivity index (χ3n) is 2.62. The average molecular weight is 265 g/mol. The normalized spacial score (nSPS) is 9.84. The lowest BCUT2D eigenvalue weighted by Crippen LogP contribution is -2.21. The molecule has 0 unspecified atom stereocenters. The van der Waals surface area contributed by atoms with Gasteiger partial charge in [-0.3, -0.25) is 9.59 Å². The zero-order valence-electron chi connectivity index (χ0n) is 11.5. The molecule has 5 nitrogen and oxygen atoms in total. The van der Waals surface area contributed by atoms with E-state index in [0.717, 1.165) is 6.29 Å². The third kappa shape index (κ3) is 4.62. The predicted octanol–water partition coefficient (Wildman–Crippen LogP) is 1.75. The Balaban J connectivity index is 2.49. The van der Waals surface area contributed by atoms with E-state index in [2.05, 4.69) is 0 Å². The Morgan fingerprint density at radius 3 is 2.63 bits per heavy atom. The molecule has 1 aromatic rings. The fraction of sp³-hybridized carbons (Fsp3) is 0.429. The summed E-state index contributed by atoms with van der Waals surface area (Å²) in [5.74, 6) is 1.17. The predicted molar refractivity (Wildman–Crippen MR) is 71.8 cm³/mol. The number of nitrogens with zero attached hydrogens (tertiary/aromatic N) is 1. The topological polar surface area (TPSA) is 55.8 Å². The van der Waals surface area contributed by atoms with Crippen LogP contribution in [-0.2, 0) is 4.79 Å². The minimum absolute atomic E-state index is 0.0758. The molecule has 0 saturated heterocycles. The molecule has 0 heterocycles. The van der Waals surface area contributed by atoms with Crippen LogP contribution >= 0.6 is 0 Å². The molecule has 1 aromatic carbocycles. The summed E-state index contributed by atoms with van der Waals surface area (Å²) in [4.78, 5) is 23.6. The van der Waals surface area contributed by atoms with Crippen LogP contribution in [0.3, 0.4) is 0 Å². The third-order valence-corrected chi connectivity index (χ3v) is 2.62. The van der Waals surface area contributed by atoms with Crippen LogP contribution in [0, 0.1) is 0 Å². The van der Waals surface area contributed by atoms with Crippen LogP contribution in [0.5, 0.6) is 11.5 Å². The maximum Gasteiger partial charge on any atom is 0.222 e. The zero-order chi connectivity index (χ0) is 14.3. The van der Waals surface area contributed by atoms with E-state index in [4.69, 9.17) is 9.47 Å². The van der Waals surface area contributed by atoms with Gasteiger partial charge in [0.15, 0.2) is 11.5 Å². The molecule has 0 aliphatic carbocycles. The van der Waals surface area contributed by atoms with Crippen molar-refractivity contribution in [2.24, 2.45) is 0 Å². The second-order valence-electron chi connectivity index (χ2n) is 4.27. The molecular formula is C14H19NO4. The number of amides is 1. The SMILES string of the molecule is COc1cc(C=O)ccc1OCCCC(=O)N(C)C. The highest BCUT2D eigenvalue weighted by Crippen LogP contribution is 2.27. The smallest absolute Gasteiger partial charge is 0.222 e. The van der Waals surface area contributed by atoms with E-state index in [1.165, 1.54) is 7.11 Å². The van der Waals surface area contributed by atoms with Crippen molar-refractivity contribution in [1.82, 2.24) is 4.90 Å². The van der Waals surface area contributed by atoms with E-state index >= 15 is 0 Å². The van der Waals surface area contributed by atoms with Crippen molar-refractivity contribution in [3.63, 3.8) is 0 Å². The quantitative estimate of drug-likeness (QED) is 0.557. The fourth-order valence-corrected chi connectivity index (χ4v) is 1.51. The molecule has 0 spiro atoms. The van der Waals surface area contributed by atoms with E-state index in [1.807, 2.05) is 0 Å². The first-order valence-electron chi connectivity index (χ1n) is 6.04. The van der Waals surface area contributed by atoms with Gasteiger partial charge in [-0.2, -0.15) is 0 Å². The van der Waals surface area contributed by atoms with Crippen molar-refractivity contribution >= 4 is 12.2 Å². The summed E-state index contributed by atoms with van der Waals surface area (Å²) in [6, 6.07) is 4.97. The molecule has 1 rings (SSSR count). The summed E-state index contributed by atoms with van der Waals surface area (Å²) < 4.78 is 10.7. The van der Waals surface area contributed by atoms with Gasteiger partial charge in [-0.25, -0.2) is 0 Å². The van der Waals surface area contributed by atoms with E-state index in [9.17, 15) is 9.59 Å². The second-order valence-corrected chi connectivity index (χ2v) is 4.27. The Bertz CT molecular complexity index is 443. The van der Waals surface area contributed by atoms with Crippen LogP contribution in [0.15, 0.2) is 18.2 Å². The van der Waals surface area contributed by atoms with Crippen molar-refractivity contribution in [2.75, 3.05) is 27.8 Å². The van der Waals surface area contributed by atoms with Gasteiger partial charge in [0, 0.05) is 26.1 Å². The maximum atomic E-state index is 11.4. The van der Waals surface area contributed by atoms with Crippen molar-refractivity contribution in [2.45, 2.75) is 12.8 Å². The molecule has 0 saturated carbocycles. The molecule has 0 fully saturated rings. The molecule has 0 aromatic heterocycles. The van der Waals surface area contributed by atoms with E-state index < -0.39 is 0 Å². The van der Waals surface area contributed by atoms with Crippen LogP contribution in [-0.4, -0.2) is 44.9 Å². The lowest BCUT2D eigenvalue weighted by atomic mass is 10.2. The summed E-state index contributed by atoms with van der Waals surface area (Å²) in [6.45, 7) is 0.427. The molecule has 104 valence electrons. The van der Waals surface area contributed by atoms with Crippen LogP contribution < -0.4 is 9.47 Å². The lowest BCUT2D eigenvalue weighted by molar-refractivity contribution is -0.128. The van der Waals surface area contributed by atoms with Gasteiger partial charge in [0.05, 0.1) is 13.7 Å². The van der Waals surface area contributed by atoms with Crippen molar-refractivity contribution in [1.29, 1.82) is 0 Å². The summed E-state index contributed by atoms with van der Waals surface area (Å²) in [5.41, 5.74) is 0.534. The van der Waals surface area contributed by atoms with Gasteiger partial charge in [0.1, 0.15) is 6.29 Å².